The van der Waals surface area contributed by atoms with Crippen molar-refractivity contribution in [2.24, 2.45) is 0 Å². The Morgan fingerprint density at radius 2 is 2.06 bits per heavy atom. The van der Waals surface area contributed by atoms with E-state index in [9.17, 15) is 22.8 Å². The molecule has 8 heteroatoms. The molecule has 0 atom stereocenters. The lowest BCUT2D eigenvalue weighted by Gasteiger charge is -2.21. The van der Waals surface area contributed by atoms with Crippen LogP contribution in [0, 0.1) is 0 Å². The van der Waals surface area contributed by atoms with E-state index in [0.717, 1.165) is 0 Å². The van der Waals surface area contributed by atoms with Crippen molar-refractivity contribution in [3.63, 3.8) is 0 Å². The van der Waals surface area contributed by atoms with Gasteiger partial charge in [-0.2, -0.15) is 13.2 Å². The molecular weight excluding hydrogens is 271 g/mol. The van der Waals surface area contributed by atoms with E-state index in [-0.39, 0.29) is 6.42 Å². The number of hydrogen-bond donors (Lipinski definition) is 1. The van der Waals surface area contributed by atoms with Crippen LogP contribution in [-0.4, -0.2) is 41.1 Å². The number of aliphatic carboxylic acids is 1. The Bertz CT molecular complexity index is 417. The van der Waals surface area contributed by atoms with Gasteiger partial charge < -0.3 is 10.0 Å². The number of rotatable bonds is 5. The second-order valence-electron chi connectivity index (χ2n) is 3.51. The number of thiophene rings is 1. The van der Waals surface area contributed by atoms with Gasteiger partial charge in [0, 0.05) is 4.88 Å². The lowest BCUT2D eigenvalue weighted by atomic mass is 10.3. The van der Waals surface area contributed by atoms with Gasteiger partial charge in [0.25, 0.3) is 0 Å². The van der Waals surface area contributed by atoms with Crippen LogP contribution in [0.4, 0.5) is 13.2 Å². The third kappa shape index (κ3) is 5.17. The van der Waals surface area contributed by atoms with E-state index in [1.165, 1.54) is 11.3 Å². The van der Waals surface area contributed by atoms with E-state index in [2.05, 4.69) is 0 Å². The summed E-state index contributed by atoms with van der Waals surface area (Å²) >= 11 is 1.23. The van der Waals surface area contributed by atoms with Crippen molar-refractivity contribution in [1.82, 2.24) is 4.90 Å². The molecule has 18 heavy (non-hydrogen) atoms. The molecule has 0 fully saturated rings. The van der Waals surface area contributed by atoms with Gasteiger partial charge >= 0.3 is 12.1 Å². The summed E-state index contributed by atoms with van der Waals surface area (Å²) in [5, 5.41) is 10.2. The highest BCUT2D eigenvalue weighted by Crippen LogP contribution is 2.18. The summed E-state index contributed by atoms with van der Waals surface area (Å²) in [7, 11) is 0. The zero-order valence-corrected chi connectivity index (χ0v) is 9.92. The van der Waals surface area contributed by atoms with Crippen LogP contribution in [0.1, 0.15) is 4.88 Å². The molecule has 1 aromatic rings. The fourth-order valence-corrected chi connectivity index (χ4v) is 1.98. The number of carbonyl (C=O) groups excluding carboxylic acids is 1. The van der Waals surface area contributed by atoms with E-state index in [1.54, 1.807) is 17.5 Å². The Morgan fingerprint density at radius 3 is 2.50 bits per heavy atom. The minimum absolute atomic E-state index is 0.221. The molecule has 100 valence electrons. The summed E-state index contributed by atoms with van der Waals surface area (Å²) in [6.07, 6.45) is -4.83. The summed E-state index contributed by atoms with van der Waals surface area (Å²) in [5.41, 5.74) is 0. The van der Waals surface area contributed by atoms with Crippen molar-refractivity contribution in [2.75, 3.05) is 13.1 Å². The van der Waals surface area contributed by atoms with Crippen LogP contribution in [0.5, 0.6) is 0 Å². The molecule has 1 N–H and O–H groups in total. The van der Waals surface area contributed by atoms with E-state index in [1.807, 2.05) is 0 Å². The average Bonchev–Trinajstić information content (AvgIpc) is 2.66. The summed E-state index contributed by atoms with van der Waals surface area (Å²) in [6.45, 7) is -2.51. The standard InChI is InChI=1S/C10H10F3NO3S/c11-10(12,13)6-14(5-9(16)17)8(15)4-7-2-1-3-18-7/h1-3H,4-6H2,(H,16,17). The van der Waals surface area contributed by atoms with Gasteiger partial charge in [-0.1, -0.05) is 6.07 Å². The van der Waals surface area contributed by atoms with Crippen LogP contribution in [0.25, 0.3) is 0 Å². The number of carboxylic acids is 1. The van der Waals surface area contributed by atoms with Crippen LogP contribution in [0.3, 0.4) is 0 Å². The zero-order chi connectivity index (χ0) is 13.8. The minimum Gasteiger partial charge on any atom is -0.480 e. The predicted molar refractivity (Wildman–Crippen MR) is 58.3 cm³/mol. The number of nitrogens with zero attached hydrogens (tertiary/aromatic N) is 1. The topological polar surface area (TPSA) is 57.6 Å². The first kappa shape index (κ1) is 14.5. The largest absolute Gasteiger partial charge is 0.480 e. The molecule has 1 aromatic heterocycles. The van der Waals surface area contributed by atoms with Gasteiger partial charge in [-0.25, -0.2) is 0 Å². The van der Waals surface area contributed by atoms with Gasteiger partial charge in [-0.15, -0.1) is 11.3 Å². The summed E-state index contributed by atoms with van der Waals surface area (Å²) < 4.78 is 36.6. The molecule has 1 amide bonds. The smallest absolute Gasteiger partial charge is 0.406 e. The third-order valence-corrected chi connectivity index (χ3v) is 2.83. The molecule has 0 aliphatic rings. The van der Waals surface area contributed by atoms with Crippen molar-refractivity contribution < 1.29 is 27.9 Å². The van der Waals surface area contributed by atoms with Crippen molar-refractivity contribution in [1.29, 1.82) is 0 Å². The summed E-state index contributed by atoms with van der Waals surface area (Å²) in [5.74, 6) is -2.32. The van der Waals surface area contributed by atoms with E-state index < -0.39 is 31.1 Å². The van der Waals surface area contributed by atoms with Gasteiger partial charge in [-0.05, 0) is 11.4 Å². The minimum atomic E-state index is -4.61. The maximum atomic E-state index is 12.2. The molecule has 0 unspecified atom stereocenters. The lowest BCUT2D eigenvalue weighted by Crippen LogP contribution is -2.42. The highest BCUT2D eigenvalue weighted by Gasteiger charge is 2.33. The number of carbonyl (C=O) groups is 2. The maximum absolute atomic E-state index is 12.2. The van der Waals surface area contributed by atoms with Gasteiger partial charge in [-0.3, -0.25) is 9.59 Å². The lowest BCUT2D eigenvalue weighted by molar-refractivity contribution is -0.165. The number of alkyl halides is 3. The zero-order valence-electron chi connectivity index (χ0n) is 9.11. The van der Waals surface area contributed by atoms with Crippen LogP contribution >= 0.6 is 11.3 Å². The average molecular weight is 281 g/mol. The molecule has 0 aliphatic heterocycles. The quantitative estimate of drug-likeness (QED) is 0.894. The monoisotopic (exact) mass is 281 g/mol. The van der Waals surface area contributed by atoms with Gasteiger partial charge in [0.15, 0.2) is 0 Å². The first-order valence-electron chi connectivity index (χ1n) is 4.86. The Hall–Kier alpha value is -1.57. The van der Waals surface area contributed by atoms with Crippen molar-refractivity contribution in [3.05, 3.63) is 22.4 Å². The number of carboxylic acid groups (broad SMARTS) is 1. The first-order chi connectivity index (χ1) is 8.28. The molecule has 0 radical (unpaired) electrons. The second kappa shape index (κ2) is 5.85. The molecule has 0 bridgehead atoms. The molecule has 0 aromatic carbocycles. The molecule has 0 saturated heterocycles. The number of halogens is 3. The Morgan fingerprint density at radius 1 is 1.39 bits per heavy atom. The van der Waals surface area contributed by atoms with Crippen LogP contribution in [0.2, 0.25) is 0 Å². The van der Waals surface area contributed by atoms with E-state index in [4.69, 9.17) is 5.11 Å². The summed E-state index contributed by atoms with van der Waals surface area (Å²) in [4.78, 5) is 22.9. The van der Waals surface area contributed by atoms with E-state index >= 15 is 0 Å². The second-order valence-corrected chi connectivity index (χ2v) is 4.55. The van der Waals surface area contributed by atoms with Crippen LogP contribution < -0.4 is 0 Å². The van der Waals surface area contributed by atoms with E-state index in [0.29, 0.717) is 9.78 Å². The SMILES string of the molecule is O=C(O)CN(CC(F)(F)F)C(=O)Cc1cccs1. The Kier molecular flexibility index (Phi) is 4.71. The van der Waals surface area contributed by atoms with Gasteiger partial charge in [0.1, 0.15) is 13.1 Å². The fraction of sp³-hybridized carbons (Fsp3) is 0.400. The summed E-state index contributed by atoms with van der Waals surface area (Å²) in [6, 6.07) is 3.27. The van der Waals surface area contributed by atoms with Crippen LogP contribution in [0.15, 0.2) is 17.5 Å². The van der Waals surface area contributed by atoms with Crippen molar-refractivity contribution in [3.8, 4) is 0 Å². The number of amides is 1. The molecular formula is C10H10F3NO3S. The van der Waals surface area contributed by atoms with Crippen LogP contribution in [-0.2, 0) is 16.0 Å². The van der Waals surface area contributed by atoms with Gasteiger partial charge in [0.2, 0.25) is 5.91 Å². The maximum Gasteiger partial charge on any atom is 0.406 e. The highest BCUT2D eigenvalue weighted by molar-refractivity contribution is 7.10. The first-order valence-corrected chi connectivity index (χ1v) is 5.74. The molecule has 0 aliphatic carbocycles. The predicted octanol–water partition coefficient (Wildman–Crippen LogP) is 1.77. The van der Waals surface area contributed by atoms with Crippen molar-refractivity contribution in [2.45, 2.75) is 12.6 Å². The highest BCUT2D eigenvalue weighted by atomic mass is 32.1. The molecule has 4 nitrogen and oxygen atoms in total. The number of hydrogen-bond acceptors (Lipinski definition) is 3. The van der Waals surface area contributed by atoms with Crippen molar-refractivity contribution >= 4 is 23.2 Å². The normalized spacial score (nSPS) is 11.3. The fourth-order valence-electron chi connectivity index (χ4n) is 1.29. The molecule has 1 heterocycles. The van der Waals surface area contributed by atoms with Gasteiger partial charge in [0.05, 0.1) is 6.42 Å². The molecule has 1 rings (SSSR count). The molecule has 0 spiro atoms. The Balaban J connectivity index is 2.69. The third-order valence-electron chi connectivity index (χ3n) is 1.95. The molecule has 0 saturated carbocycles. The Labute approximate surface area is 105 Å².